The first-order chi connectivity index (χ1) is 18.7. The van der Waals surface area contributed by atoms with Gasteiger partial charge in [0.05, 0.1) is 10.8 Å². The van der Waals surface area contributed by atoms with Crippen LogP contribution in [0.2, 0.25) is 0 Å². The molecule has 0 radical (unpaired) electrons. The lowest BCUT2D eigenvalue weighted by molar-refractivity contribution is -0.144. The number of carbonyl (C=O) groups is 3. The molecule has 0 spiro atoms. The third-order valence-corrected chi connectivity index (χ3v) is 7.03. The van der Waals surface area contributed by atoms with Gasteiger partial charge in [-0.1, -0.05) is 29.8 Å². The van der Waals surface area contributed by atoms with E-state index >= 15 is 0 Å². The Kier molecular flexibility index (Phi) is 11.9. The van der Waals surface area contributed by atoms with Crippen LogP contribution in [-0.2, 0) is 35.0 Å². The van der Waals surface area contributed by atoms with Crippen LogP contribution in [0.5, 0.6) is 5.75 Å². The number of hydrogen-bond acceptors (Lipinski definition) is 8. The maximum Gasteiger partial charge on any atom is 0.408 e. The summed E-state index contributed by atoms with van der Waals surface area (Å²) < 4.78 is 40.1. The van der Waals surface area contributed by atoms with Crippen molar-refractivity contribution >= 4 is 28.1 Å². The second kappa shape index (κ2) is 14.7. The number of carboxylic acids is 2. The molecule has 0 aliphatic carbocycles. The minimum Gasteiger partial charge on any atom is -0.491 e. The highest BCUT2D eigenvalue weighted by Crippen LogP contribution is 2.20. The van der Waals surface area contributed by atoms with E-state index in [-0.39, 0.29) is 31.0 Å². The molecule has 2 aromatic rings. The van der Waals surface area contributed by atoms with Crippen LogP contribution in [0.25, 0.3) is 0 Å². The zero-order valence-electron chi connectivity index (χ0n) is 23.1. The Morgan fingerprint density at radius 3 is 2.10 bits per heavy atom. The predicted molar refractivity (Wildman–Crippen MR) is 146 cm³/mol. The maximum atomic E-state index is 12.2. The Morgan fingerprint density at radius 2 is 1.55 bits per heavy atom. The summed E-state index contributed by atoms with van der Waals surface area (Å²) in [6.45, 7) is 6.62. The normalized spacial score (nSPS) is 13.2. The van der Waals surface area contributed by atoms with Crippen LogP contribution >= 0.6 is 0 Å². The van der Waals surface area contributed by atoms with E-state index in [1.165, 1.54) is 12.1 Å². The number of aliphatic carboxylic acids is 2. The first-order valence-corrected chi connectivity index (χ1v) is 14.2. The molecule has 0 heterocycles. The highest BCUT2D eigenvalue weighted by Gasteiger charge is 2.29. The third kappa shape index (κ3) is 11.6. The number of amides is 1. The fourth-order valence-corrected chi connectivity index (χ4v) is 4.57. The molecule has 0 aliphatic heterocycles. The number of alkyl carbamates (subject to hydrolysis) is 1. The number of rotatable bonds is 15. The van der Waals surface area contributed by atoms with Crippen molar-refractivity contribution in [3.05, 3.63) is 59.7 Å². The quantitative estimate of drug-likeness (QED) is 0.206. The Hall–Kier alpha value is -3.64. The molecule has 2 aromatic carbocycles. The van der Waals surface area contributed by atoms with Crippen molar-refractivity contribution in [2.45, 2.75) is 69.9 Å². The number of benzene rings is 2. The van der Waals surface area contributed by atoms with Crippen LogP contribution in [0, 0.1) is 12.8 Å². The highest BCUT2D eigenvalue weighted by atomic mass is 32.2. The Bertz CT molecular complexity index is 1240. The smallest absolute Gasteiger partial charge is 0.408 e. The Balaban J connectivity index is 1.80. The number of hydrogen-bond donors (Lipinski definition) is 3. The number of carboxylic acid groups (broad SMARTS) is 2. The van der Waals surface area contributed by atoms with Gasteiger partial charge in [0.2, 0.25) is 0 Å². The van der Waals surface area contributed by atoms with Gasteiger partial charge in [-0.3, -0.25) is 8.98 Å². The van der Waals surface area contributed by atoms with Crippen molar-refractivity contribution in [2.24, 2.45) is 5.92 Å². The summed E-state index contributed by atoms with van der Waals surface area (Å²) in [7, 11) is -3.87. The van der Waals surface area contributed by atoms with Gasteiger partial charge in [0.15, 0.2) is 0 Å². The summed E-state index contributed by atoms with van der Waals surface area (Å²) in [6.07, 6.45) is 0.0177. The maximum absolute atomic E-state index is 12.2. The molecule has 2 atom stereocenters. The van der Waals surface area contributed by atoms with E-state index in [4.69, 9.17) is 13.7 Å². The van der Waals surface area contributed by atoms with Crippen molar-refractivity contribution in [3.8, 4) is 5.75 Å². The lowest BCUT2D eigenvalue weighted by Crippen LogP contribution is -2.45. The van der Waals surface area contributed by atoms with E-state index < -0.39 is 45.7 Å². The van der Waals surface area contributed by atoms with Gasteiger partial charge >= 0.3 is 18.0 Å². The minimum absolute atomic E-state index is 0.0206. The highest BCUT2D eigenvalue weighted by molar-refractivity contribution is 7.86. The molecule has 40 heavy (non-hydrogen) atoms. The number of nitrogens with one attached hydrogen (secondary N) is 1. The molecule has 0 aromatic heterocycles. The zero-order valence-corrected chi connectivity index (χ0v) is 23.9. The third-order valence-electron chi connectivity index (χ3n) is 5.70. The lowest BCUT2D eigenvalue weighted by Gasteiger charge is -2.23. The van der Waals surface area contributed by atoms with Crippen molar-refractivity contribution < 1.29 is 46.7 Å². The van der Waals surface area contributed by atoms with E-state index in [1.807, 2.05) is 6.92 Å². The first kappa shape index (κ1) is 32.6. The molecule has 220 valence electrons. The van der Waals surface area contributed by atoms with Gasteiger partial charge in [-0.05, 0) is 83.2 Å². The predicted octanol–water partition coefficient (Wildman–Crippen LogP) is 4.17. The van der Waals surface area contributed by atoms with E-state index in [0.717, 1.165) is 11.1 Å². The second-order valence-electron chi connectivity index (χ2n) is 10.3. The molecular weight excluding hydrogens is 542 g/mol. The van der Waals surface area contributed by atoms with Crippen LogP contribution in [0.15, 0.2) is 53.4 Å². The lowest BCUT2D eigenvalue weighted by atomic mass is 9.93. The summed E-state index contributed by atoms with van der Waals surface area (Å²) in [5.74, 6) is -2.95. The molecule has 0 unspecified atom stereocenters. The first-order valence-electron chi connectivity index (χ1n) is 12.8. The van der Waals surface area contributed by atoms with E-state index in [2.05, 4.69) is 5.32 Å². The molecular formula is C28H37NO10S. The largest absolute Gasteiger partial charge is 0.491 e. The van der Waals surface area contributed by atoms with Gasteiger partial charge in [0, 0.05) is 0 Å². The fraction of sp³-hybridized carbons (Fsp3) is 0.464. The van der Waals surface area contributed by atoms with Gasteiger partial charge in [0.25, 0.3) is 10.1 Å². The number of carbonyl (C=O) groups excluding carboxylic acids is 1. The fourth-order valence-electron chi connectivity index (χ4n) is 3.68. The summed E-state index contributed by atoms with van der Waals surface area (Å²) in [5, 5.41) is 21.3. The standard InChI is InChI=1S/C28H37NO10S/c1-19-8-14-23(15-9-19)40(35,36)38-17-16-37-22-12-10-20(11-13-22)6-5-7-21(25(30)31)18-24(26(32)33)29-27(34)39-28(2,3)4/h8-15,21,24H,5-7,16-18H2,1-4H3,(H,29,34)(H,30,31)(H,32,33)/t21-,24-/m0/s1. The SMILES string of the molecule is Cc1ccc(S(=O)(=O)OCCOc2ccc(CCC[C@@H](C[C@H](NC(=O)OC(C)(C)C)C(=O)O)C(=O)O)cc2)cc1. The molecule has 2 rings (SSSR count). The molecule has 12 heteroatoms. The van der Waals surface area contributed by atoms with Crippen molar-refractivity contribution in [3.63, 3.8) is 0 Å². The molecule has 0 saturated heterocycles. The van der Waals surface area contributed by atoms with Gasteiger partial charge in [0.1, 0.15) is 30.6 Å². The summed E-state index contributed by atoms with van der Waals surface area (Å²) >= 11 is 0. The monoisotopic (exact) mass is 579 g/mol. The molecule has 1 amide bonds. The minimum atomic E-state index is -3.87. The van der Waals surface area contributed by atoms with Crippen LogP contribution in [0.1, 0.15) is 51.2 Å². The second-order valence-corrected chi connectivity index (χ2v) is 11.9. The molecule has 0 bridgehead atoms. The zero-order chi connectivity index (χ0) is 29.9. The van der Waals surface area contributed by atoms with Crippen LogP contribution < -0.4 is 10.1 Å². The van der Waals surface area contributed by atoms with Gasteiger partial charge in [-0.25, -0.2) is 9.59 Å². The molecule has 11 nitrogen and oxygen atoms in total. The summed E-state index contributed by atoms with van der Waals surface area (Å²) in [6, 6.07) is 12.0. The van der Waals surface area contributed by atoms with Crippen molar-refractivity contribution in [2.75, 3.05) is 13.2 Å². The topological polar surface area (TPSA) is 166 Å². The molecule has 3 N–H and O–H groups in total. The molecule has 0 fully saturated rings. The molecule has 0 aliphatic rings. The number of ether oxygens (including phenoxy) is 2. The number of aryl methyl sites for hydroxylation is 2. The average Bonchev–Trinajstić information content (AvgIpc) is 2.85. The molecule has 0 saturated carbocycles. The van der Waals surface area contributed by atoms with Gasteiger partial charge < -0.3 is 25.0 Å². The van der Waals surface area contributed by atoms with Crippen molar-refractivity contribution in [1.29, 1.82) is 0 Å². The van der Waals surface area contributed by atoms with Crippen LogP contribution in [0.4, 0.5) is 4.79 Å². The van der Waals surface area contributed by atoms with E-state index in [9.17, 15) is 33.0 Å². The van der Waals surface area contributed by atoms with Crippen LogP contribution in [0.3, 0.4) is 0 Å². The Labute approximate surface area is 234 Å². The summed E-state index contributed by atoms with van der Waals surface area (Å²) in [4.78, 5) is 35.4. The van der Waals surface area contributed by atoms with Gasteiger partial charge in [-0.2, -0.15) is 8.42 Å². The van der Waals surface area contributed by atoms with Crippen molar-refractivity contribution in [1.82, 2.24) is 5.32 Å². The summed E-state index contributed by atoms with van der Waals surface area (Å²) in [5.41, 5.74) is 1.03. The van der Waals surface area contributed by atoms with Gasteiger partial charge in [-0.15, -0.1) is 0 Å². The average molecular weight is 580 g/mol. The van der Waals surface area contributed by atoms with Crippen LogP contribution in [-0.4, -0.2) is 61.5 Å². The van der Waals surface area contributed by atoms with E-state index in [1.54, 1.807) is 57.2 Å². The Morgan fingerprint density at radius 1 is 0.925 bits per heavy atom. The van der Waals surface area contributed by atoms with E-state index in [0.29, 0.717) is 18.6 Å².